The largest absolute Gasteiger partial charge is 0.412 e. The Morgan fingerprint density at radius 1 is 1.33 bits per heavy atom. The first-order valence-electron chi connectivity index (χ1n) is 7.33. The van der Waals surface area contributed by atoms with Gasteiger partial charge in [0.1, 0.15) is 0 Å². The van der Waals surface area contributed by atoms with Crippen molar-refractivity contribution in [1.29, 1.82) is 0 Å². The van der Waals surface area contributed by atoms with E-state index >= 15 is 0 Å². The van der Waals surface area contributed by atoms with Gasteiger partial charge in [-0.3, -0.25) is 9.78 Å². The van der Waals surface area contributed by atoms with Crippen molar-refractivity contribution in [1.82, 2.24) is 10.3 Å². The van der Waals surface area contributed by atoms with Crippen LogP contribution in [0.5, 0.6) is 0 Å². The number of carbonyl (C=O) groups excluding carboxylic acids is 1. The minimum atomic E-state index is -0.850. The van der Waals surface area contributed by atoms with Crippen LogP contribution in [0.15, 0.2) is 24.5 Å². The molecule has 0 aliphatic rings. The lowest BCUT2D eigenvalue weighted by Gasteiger charge is -2.38. The Hall–Kier alpha value is -1.20. The standard InChI is InChI=1S/C16H27N2O2Si/c1-12(19)18-14(11-13-7-9-17-10-8-13)15(16(2,3)4)20-21(5)6/h7-10,14-15H,11H2,1-6H3,(H,18,19). The summed E-state index contributed by atoms with van der Waals surface area (Å²) in [6, 6.07) is 3.93. The van der Waals surface area contributed by atoms with Gasteiger partial charge in [0.25, 0.3) is 0 Å². The number of nitrogens with zero attached hydrogens (tertiary/aromatic N) is 1. The van der Waals surface area contributed by atoms with Crippen molar-refractivity contribution in [3.63, 3.8) is 0 Å². The molecule has 2 unspecified atom stereocenters. The third-order valence-corrected chi connectivity index (χ3v) is 3.90. The predicted molar refractivity (Wildman–Crippen MR) is 87.4 cm³/mol. The second-order valence-electron chi connectivity index (χ2n) is 6.68. The van der Waals surface area contributed by atoms with Crippen LogP contribution in [0, 0.1) is 5.41 Å². The quantitative estimate of drug-likeness (QED) is 0.822. The molecule has 1 rings (SSSR count). The molecule has 0 aliphatic carbocycles. The molecule has 0 bridgehead atoms. The Kier molecular flexibility index (Phi) is 6.55. The van der Waals surface area contributed by atoms with Crippen LogP contribution in [0.25, 0.3) is 0 Å². The van der Waals surface area contributed by atoms with E-state index in [0.717, 1.165) is 12.0 Å². The third-order valence-electron chi connectivity index (χ3n) is 3.18. The van der Waals surface area contributed by atoms with Crippen molar-refractivity contribution in [2.75, 3.05) is 0 Å². The van der Waals surface area contributed by atoms with Crippen LogP contribution in [0.1, 0.15) is 33.3 Å². The van der Waals surface area contributed by atoms with Crippen LogP contribution in [0.2, 0.25) is 13.1 Å². The molecule has 0 aliphatic heterocycles. The van der Waals surface area contributed by atoms with Gasteiger partial charge in [0, 0.05) is 19.3 Å². The van der Waals surface area contributed by atoms with Crippen LogP contribution >= 0.6 is 0 Å². The first-order valence-corrected chi connectivity index (χ1v) is 9.74. The van der Waals surface area contributed by atoms with Gasteiger partial charge in [-0.25, -0.2) is 0 Å². The third kappa shape index (κ3) is 6.40. The highest BCUT2D eigenvalue weighted by molar-refractivity contribution is 6.48. The van der Waals surface area contributed by atoms with E-state index in [4.69, 9.17) is 4.43 Å². The van der Waals surface area contributed by atoms with Crippen molar-refractivity contribution in [2.45, 2.75) is 59.4 Å². The summed E-state index contributed by atoms with van der Waals surface area (Å²) in [5, 5.41) is 3.07. The lowest BCUT2D eigenvalue weighted by Crippen LogP contribution is -2.52. The molecular formula is C16H27N2O2Si. The van der Waals surface area contributed by atoms with Crippen molar-refractivity contribution in [2.24, 2.45) is 5.41 Å². The van der Waals surface area contributed by atoms with Crippen LogP contribution < -0.4 is 5.32 Å². The normalized spacial score (nSPS) is 14.8. The summed E-state index contributed by atoms with van der Waals surface area (Å²) in [5.41, 5.74) is 1.12. The van der Waals surface area contributed by atoms with E-state index in [2.05, 4.69) is 44.2 Å². The molecule has 0 saturated carbocycles. The molecule has 1 N–H and O–H groups in total. The highest BCUT2D eigenvalue weighted by Crippen LogP contribution is 2.27. The van der Waals surface area contributed by atoms with Crippen LogP contribution in [0.4, 0.5) is 0 Å². The molecule has 1 aromatic heterocycles. The lowest BCUT2D eigenvalue weighted by molar-refractivity contribution is -0.120. The number of hydrogen-bond acceptors (Lipinski definition) is 3. The van der Waals surface area contributed by atoms with E-state index in [9.17, 15) is 4.79 Å². The number of pyridine rings is 1. The summed E-state index contributed by atoms with van der Waals surface area (Å²) < 4.78 is 6.22. The molecule has 1 radical (unpaired) electrons. The summed E-state index contributed by atoms with van der Waals surface area (Å²) in [6.45, 7) is 12.3. The maximum atomic E-state index is 11.6. The summed E-state index contributed by atoms with van der Waals surface area (Å²) in [6.07, 6.45) is 4.29. The van der Waals surface area contributed by atoms with E-state index < -0.39 is 9.04 Å². The molecule has 21 heavy (non-hydrogen) atoms. The molecular weight excluding hydrogens is 280 g/mol. The molecule has 117 valence electrons. The second kappa shape index (κ2) is 7.71. The second-order valence-corrected chi connectivity index (χ2v) is 8.73. The van der Waals surface area contributed by atoms with Crippen LogP contribution in [-0.4, -0.2) is 32.1 Å². The highest BCUT2D eigenvalue weighted by Gasteiger charge is 2.34. The Balaban J connectivity index is 2.99. The molecule has 4 nitrogen and oxygen atoms in total. The number of amides is 1. The van der Waals surface area contributed by atoms with Gasteiger partial charge in [-0.05, 0) is 42.6 Å². The maximum Gasteiger partial charge on any atom is 0.217 e. The molecule has 2 atom stereocenters. The lowest BCUT2D eigenvalue weighted by atomic mass is 9.82. The number of carbonyl (C=O) groups is 1. The molecule has 0 spiro atoms. The van der Waals surface area contributed by atoms with E-state index in [1.165, 1.54) is 0 Å². The summed E-state index contributed by atoms with van der Waals surface area (Å²) in [4.78, 5) is 15.6. The molecule has 1 amide bonds. The monoisotopic (exact) mass is 307 g/mol. The summed E-state index contributed by atoms with van der Waals surface area (Å²) in [5.74, 6) is -0.0205. The first kappa shape index (κ1) is 17.8. The van der Waals surface area contributed by atoms with E-state index in [-0.39, 0.29) is 23.5 Å². The number of rotatable bonds is 6. The number of nitrogens with one attached hydrogen (secondary N) is 1. The average Bonchev–Trinajstić information content (AvgIpc) is 2.34. The minimum Gasteiger partial charge on any atom is -0.412 e. The zero-order valence-corrected chi connectivity index (χ0v) is 14.9. The highest BCUT2D eigenvalue weighted by atomic mass is 28.3. The first-order chi connectivity index (χ1) is 9.70. The van der Waals surface area contributed by atoms with Gasteiger partial charge in [-0.15, -0.1) is 0 Å². The smallest absolute Gasteiger partial charge is 0.217 e. The molecule has 0 fully saturated rings. The summed E-state index contributed by atoms with van der Waals surface area (Å²) >= 11 is 0. The summed E-state index contributed by atoms with van der Waals surface area (Å²) in [7, 11) is -0.850. The Bertz CT molecular complexity index is 443. The van der Waals surface area contributed by atoms with Crippen molar-refractivity contribution >= 4 is 14.9 Å². The van der Waals surface area contributed by atoms with E-state index in [0.29, 0.717) is 0 Å². The van der Waals surface area contributed by atoms with Gasteiger partial charge in [0.2, 0.25) is 14.9 Å². The fourth-order valence-electron chi connectivity index (χ4n) is 2.38. The number of aromatic nitrogens is 1. The molecule has 1 heterocycles. The minimum absolute atomic E-state index is 0.0153. The number of hydrogen-bond donors (Lipinski definition) is 1. The Morgan fingerprint density at radius 2 is 1.90 bits per heavy atom. The van der Waals surface area contributed by atoms with Gasteiger partial charge in [-0.1, -0.05) is 20.8 Å². The van der Waals surface area contributed by atoms with E-state index in [1.54, 1.807) is 19.3 Å². The Morgan fingerprint density at radius 3 is 2.33 bits per heavy atom. The molecule has 0 aromatic carbocycles. The van der Waals surface area contributed by atoms with E-state index in [1.807, 2.05) is 12.1 Å². The fourth-order valence-corrected chi connectivity index (χ4v) is 3.41. The molecule has 1 aromatic rings. The van der Waals surface area contributed by atoms with Gasteiger partial charge in [0.15, 0.2) is 0 Å². The zero-order valence-electron chi connectivity index (χ0n) is 13.9. The van der Waals surface area contributed by atoms with Crippen molar-refractivity contribution in [3.05, 3.63) is 30.1 Å². The zero-order chi connectivity index (χ0) is 16.0. The molecule has 5 heteroatoms. The van der Waals surface area contributed by atoms with Crippen LogP contribution in [0.3, 0.4) is 0 Å². The topological polar surface area (TPSA) is 51.2 Å². The fraction of sp³-hybridized carbons (Fsp3) is 0.625. The van der Waals surface area contributed by atoms with Gasteiger partial charge < -0.3 is 9.74 Å². The van der Waals surface area contributed by atoms with Gasteiger partial charge in [0.05, 0.1) is 12.1 Å². The molecule has 0 saturated heterocycles. The Labute approximate surface area is 130 Å². The maximum absolute atomic E-state index is 11.6. The van der Waals surface area contributed by atoms with Gasteiger partial charge >= 0.3 is 0 Å². The van der Waals surface area contributed by atoms with Crippen molar-refractivity contribution < 1.29 is 9.22 Å². The van der Waals surface area contributed by atoms with Gasteiger partial charge in [-0.2, -0.15) is 0 Å². The van der Waals surface area contributed by atoms with Crippen molar-refractivity contribution in [3.8, 4) is 0 Å². The SMILES string of the molecule is CC(=O)NC(Cc1ccncc1)C(O[Si](C)C)C(C)(C)C. The van der Waals surface area contributed by atoms with Crippen LogP contribution in [-0.2, 0) is 15.6 Å². The predicted octanol–water partition coefficient (Wildman–Crippen LogP) is 2.81. The average molecular weight is 307 g/mol.